The lowest BCUT2D eigenvalue weighted by atomic mass is 9.98. The summed E-state index contributed by atoms with van der Waals surface area (Å²) in [7, 11) is 0. The molecule has 62 heavy (non-hydrogen) atoms. The molecule has 2 aromatic heterocycles. The molecule has 1 unspecified atom stereocenters. The van der Waals surface area contributed by atoms with Crippen molar-refractivity contribution in [2.45, 2.75) is 6.29 Å². The van der Waals surface area contributed by atoms with Gasteiger partial charge in [-0.05, 0) is 105 Å². The maximum Gasteiger partial charge on any atom is 0.201 e. The fourth-order valence-electron chi connectivity index (χ4n) is 9.38. The van der Waals surface area contributed by atoms with Crippen LogP contribution in [0.4, 0.5) is 0 Å². The van der Waals surface area contributed by atoms with Crippen molar-refractivity contribution in [2.24, 2.45) is 4.99 Å². The number of para-hydroxylation sites is 2. The summed E-state index contributed by atoms with van der Waals surface area (Å²) in [5.41, 5.74) is 17.4. The predicted molar refractivity (Wildman–Crippen MR) is 260 cm³/mol. The van der Waals surface area contributed by atoms with Crippen LogP contribution in [-0.2, 0) is 0 Å². The van der Waals surface area contributed by atoms with E-state index in [0.29, 0.717) is 0 Å². The molecule has 4 nitrogen and oxygen atoms in total. The van der Waals surface area contributed by atoms with Crippen molar-refractivity contribution >= 4 is 49.3 Å². The molecule has 4 heteroatoms. The molecule has 9 aromatic carbocycles. The van der Waals surface area contributed by atoms with Gasteiger partial charge in [-0.2, -0.15) is 0 Å². The first-order valence-electron chi connectivity index (χ1n) is 21.2. The molecule has 12 rings (SSSR count). The molecule has 1 N–H and O–H groups in total. The van der Waals surface area contributed by atoms with E-state index in [1.807, 2.05) is 6.20 Å². The minimum atomic E-state index is -0.318. The lowest BCUT2D eigenvalue weighted by Crippen LogP contribution is -2.25. The minimum absolute atomic E-state index is 0.318. The Bertz CT molecular complexity index is 3520. The molecule has 3 heterocycles. The smallest absolute Gasteiger partial charge is 0.201 e. The molecular weight excluding hydrogens is 753 g/mol. The molecule has 0 aliphatic carbocycles. The molecule has 11 aromatic rings. The third-order valence-electron chi connectivity index (χ3n) is 12.4. The van der Waals surface area contributed by atoms with Crippen molar-refractivity contribution in [1.29, 1.82) is 0 Å². The van der Waals surface area contributed by atoms with E-state index < -0.39 is 0 Å². The van der Waals surface area contributed by atoms with Crippen LogP contribution in [0.25, 0.3) is 93.8 Å². The molecule has 1 atom stereocenters. The van der Waals surface area contributed by atoms with E-state index in [4.69, 9.17) is 4.99 Å². The fourth-order valence-corrected chi connectivity index (χ4v) is 9.38. The highest BCUT2D eigenvalue weighted by Gasteiger charge is 2.21. The van der Waals surface area contributed by atoms with E-state index in [-0.39, 0.29) is 6.29 Å². The summed E-state index contributed by atoms with van der Waals surface area (Å²) in [6, 6.07) is 78.8. The summed E-state index contributed by atoms with van der Waals surface area (Å²) in [5, 5.41) is 8.46. The summed E-state index contributed by atoms with van der Waals surface area (Å²) in [6.07, 6.45) is 3.79. The first-order valence-corrected chi connectivity index (χ1v) is 21.2. The zero-order valence-electron chi connectivity index (χ0n) is 33.9. The van der Waals surface area contributed by atoms with Crippen molar-refractivity contribution in [3.63, 3.8) is 0 Å². The van der Waals surface area contributed by atoms with Crippen LogP contribution in [0.2, 0.25) is 0 Å². The Balaban J connectivity index is 0.896. The van der Waals surface area contributed by atoms with Gasteiger partial charge in [-0.1, -0.05) is 164 Å². The Labute approximate surface area is 360 Å². The quantitative estimate of drug-likeness (QED) is 0.171. The van der Waals surface area contributed by atoms with Crippen LogP contribution >= 0.6 is 0 Å². The van der Waals surface area contributed by atoms with Gasteiger partial charge in [0.1, 0.15) is 0 Å². The van der Waals surface area contributed by atoms with Gasteiger partial charge < -0.3 is 14.5 Å². The normalized spacial score (nSPS) is 13.8. The number of aliphatic imine (C=N–C) groups is 1. The van der Waals surface area contributed by atoms with E-state index in [0.717, 1.165) is 33.6 Å². The largest absolute Gasteiger partial charge is 0.353 e. The van der Waals surface area contributed by atoms with E-state index in [1.165, 1.54) is 71.5 Å². The Hall–Kier alpha value is -8.21. The average molecular weight is 793 g/mol. The Morgan fingerprint density at radius 1 is 0.339 bits per heavy atom. The first-order chi connectivity index (χ1) is 30.7. The van der Waals surface area contributed by atoms with Gasteiger partial charge in [0.15, 0.2) is 0 Å². The van der Waals surface area contributed by atoms with E-state index >= 15 is 0 Å². The molecule has 1 aliphatic heterocycles. The molecule has 0 radical (unpaired) electrons. The number of aromatic nitrogens is 2. The molecule has 0 amide bonds. The van der Waals surface area contributed by atoms with Crippen molar-refractivity contribution < 1.29 is 0 Å². The highest BCUT2D eigenvalue weighted by molar-refractivity contribution is 6.13. The number of rotatable bonds is 7. The predicted octanol–water partition coefficient (Wildman–Crippen LogP) is 14.6. The van der Waals surface area contributed by atoms with Crippen LogP contribution in [0.5, 0.6) is 0 Å². The van der Waals surface area contributed by atoms with Crippen LogP contribution in [0.15, 0.2) is 236 Å². The maximum absolute atomic E-state index is 5.35. The third kappa shape index (κ3) is 6.12. The fraction of sp³-hybridized carbons (Fsp3) is 0.0172. The number of hydrogen-bond donors (Lipinski definition) is 1. The van der Waals surface area contributed by atoms with Crippen LogP contribution in [-0.4, -0.2) is 14.8 Å². The molecule has 0 saturated carbocycles. The number of fused-ring (bicyclic) bond motifs is 6. The standard InChI is InChI=1S/C58H40N4/c1-3-12-39(13-4-1)41-22-24-43(25-23-41)44-16-11-17-47(36-44)53-34-35-59-58(60-53)62-55-21-10-8-19-50(55)52-38-46(29-33-57(52)62)45-28-32-56-51(37-45)49-18-7-9-20-54(49)61(56)48-30-26-42(27-31-48)40-14-5-2-6-15-40/h1-38,58-59H. The molecular formula is C58H40N4. The molecule has 1 aliphatic rings. The number of hydrogen-bond acceptors (Lipinski definition) is 2. The van der Waals surface area contributed by atoms with Gasteiger partial charge in [0, 0.05) is 39.0 Å². The number of nitrogens with zero attached hydrogens (tertiary/aromatic N) is 3. The highest BCUT2D eigenvalue weighted by atomic mass is 15.3. The summed E-state index contributed by atoms with van der Waals surface area (Å²) in [6.45, 7) is 0. The second-order valence-corrected chi connectivity index (χ2v) is 16.0. The third-order valence-corrected chi connectivity index (χ3v) is 12.4. The molecule has 292 valence electrons. The van der Waals surface area contributed by atoms with Gasteiger partial charge in [-0.25, -0.2) is 4.99 Å². The van der Waals surface area contributed by atoms with Gasteiger partial charge in [0.05, 0.1) is 27.8 Å². The second-order valence-electron chi connectivity index (χ2n) is 16.0. The summed E-state index contributed by atoms with van der Waals surface area (Å²) in [4.78, 5) is 5.35. The van der Waals surface area contributed by atoms with Crippen molar-refractivity contribution in [3.8, 4) is 50.2 Å². The van der Waals surface area contributed by atoms with Crippen molar-refractivity contribution in [2.75, 3.05) is 0 Å². The Morgan fingerprint density at radius 2 is 0.774 bits per heavy atom. The van der Waals surface area contributed by atoms with Gasteiger partial charge in [-0.3, -0.25) is 0 Å². The lowest BCUT2D eigenvalue weighted by molar-refractivity contribution is 0.499. The summed E-state index contributed by atoms with van der Waals surface area (Å²) >= 11 is 0. The zero-order chi connectivity index (χ0) is 41.0. The summed E-state index contributed by atoms with van der Waals surface area (Å²) < 4.78 is 4.73. The topological polar surface area (TPSA) is 34.2 Å². The Morgan fingerprint density at radius 3 is 1.45 bits per heavy atom. The van der Waals surface area contributed by atoms with Crippen molar-refractivity contribution in [1.82, 2.24) is 14.5 Å². The van der Waals surface area contributed by atoms with Crippen LogP contribution in [0, 0.1) is 0 Å². The number of nitrogens with one attached hydrogen (secondary N) is 1. The van der Waals surface area contributed by atoms with Crippen LogP contribution in [0.1, 0.15) is 11.9 Å². The van der Waals surface area contributed by atoms with Crippen LogP contribution < -0.4 is 5.32 Å². The minimum Gasteiger partial charge on any atom is -0.353 e. The highest BCUT2D eigenvalue weighted by Crippen LogP contribution is 2.39. The van der Waals surface area contributed by atoms with Gasteiger partial charge in [0.25, 0.3) is 0 Å². The average Bonchev–Trinajstić information content (AvgIpc) is 3.87. The van der Waals surface area contributed by atoms with E-state index in [2.05, 4.69) is 239 Å². The van der Waals surface area contributed by atoms with Gasteiger partial charge in [-0.15, -0.1) is 0 Å². The van der Waals surface area contributed by atoms with Gasteiger partial charge in [0.2, 0.25) is 6.29 Å². The monoisotopic (exact) mass is 792 g/mol. The number of benzene rings is 9. The molecule has 0 spiro atoms. The summed E-state index contributed by atoms with van der Waals surface area (Å²) in [5.74, 6) is 0. The van der Waals surface area contributed by atoms with E-state index in [1.54, 1.807) is 0 Å². The second kappa shape index (κ2) is 14.8. The molecule has 0 saturated heterocycles. The SMILES string of the molecule is C1=CC(c2cccc(-c3ccc(-c4ccccc4)cc3)c2)=NC(n2c3ccccc3c3cc(-c4ccc5c(c4)c4ccccc4n5-c4ccc(-c5ccccc5)cc4)ccc32)N1. The van der Waals surface area contributed by atoms with Gasteiger partial charge >= 0.3 is 0 Å². The molecule has 0 fully saturated rings. The Kier molecular flexibility index (Phi) is 8.53. The first kappa shape index (κ1) is 35.7. The van der Waals surface area contributed by atoms with Crippen LogP contribution in [0.3, 0.4) is 0 Å². The van der Waals surface area contributed by atoms with Crippen molar-refractivity contribution in [3.05, 3.63) is 236 Å². The zero-order valence-corrected chi connectivity index (χ0v) is 33.9. The maximum atomic E-state index is 5.35. The molecule has 0 bridgehead atoms. The van der Waals surface area contributed by atoms with E-state index in [9.17, 15) is 0 Å². The lowest BCUT2D eigenvalue weighted by Gasteiger charge is -2.22. The number of allylic oxidation sites excluding steroid dienone is 1.